The van der Waals surface area contributed by atoms with Crippen LogP contribution < -0.4 is 5.73 Å². The fourth-order valence-electron chi connectivity index (χ4n) is 3.33. The van der Waals surface area contributed by atoms with Gasteiger partial charge in [-0.1, -0.05) is 19.8 Å². The lowest BCUT2D eigenvalue weighted by molar-refractivity contribution is 0.106. The van der Waals surface area contributed by atoms with E-state index >= 15 is 0 Å². The molecule has 0 saturated heterocycles. The molecule has 2 nitrogen and oxygen atoms in total. The molecular formula is C14H28N2. The molecule has 0 heterocycles. The van der Waals surface area contributed by atoms with Crippen molar-refractivity contribution < 1.29 is 0 Å². The molecule has 2 N–H and O–H groups in total. The van der Waals surface area contributed by atoms with Gasteiger partial charge < -0.3 is 5.73 Å². The van der Waals surface area contributed by atoms with Gasteiger partial charge in [0.25, 0.3) is 0 Å². The van der Waals surface area contributed by atoms with E-state index in [9.17, 15) is 0 Å². The summed E-state index contributed by atoms with van der Waals surface area (Å²) in [4.78, 5) is 2.74. The average molecular weight is 224 g/mol. The Morgan fingerprint density at radius 1 is 1.12 bits per heavy atom. The first-order chi connectivity index (χ1) is 7.70. The number of nitrogens with zero attached hydrogens (tertiary/aromatic N) is 1. The van der Waals surface area contributed by atoms with Gasteiger partial charge in [-0.15, -0.1) is 0 Å². The standard InChI is InChI=1S/C14H28N2/c1-3-16(11(2)10-12-4-5-12)14-8-6-13(15)7-9-14/h11-14H,3-10,15H2,1-2H3. The molecule has 0 aromatic rings. The van der Waals surface area contributed by atoms with Crippen molar-refractivity contribution in [3.8, 4) is 0 Å². The topological polar surface area (TPSA) is 29.3 Å². The average Bonchev–Trinajstić information content (AvgIpc) is 3.06. The van der Waals surface area contributed by atoms with Crippen molar-refractivity contribution >= 4 is 0 Å². The highest BCUT2D eigenvalue weighted by Gasteiger charge is 2.30. The summed E-state index contributed by atoms with van der Waals surface area (Å²) in [5.74, 6) is 1.05. The van der Waals surface area contributed by atoms with Crippen LogP contribution in [0.5, 0.6) is 0 Å². The summed E-state index contributed by atoms with van der Waals surface area (Å²) >= 11 is 0. The summed E-state index contributed by atoms with van der Waals surface area (Å²) in [7, 11) is 0. The Bertz CT molecular complexity index is 205. The number of hydrogen-bond acceptors (Lipinski definition) is 2. The molecule has 0 amide bonds. The smallest absolute Gasteiger partial charge is 0.00991 e. The molecule has 2 aliphatic rings. The number of rotatable bonds is 5. The van der Waals surface area contributed by atoms with Crippen molar-refractivity contribution in [2.75, 3.05) is 6.54 Å². The van der Waals surface area contributed by atoms with Crippen LogP contribution in [0.1, 0.15) is 58.8 Å². The summed E-state index contributed by atoms with van der Waals surface area (Å²) in [5.41, 5.74) is 5.99. The zero-order valence-corrected chi connectivity index (χ0v) is 11.0. The Labute approximate surface area is 101 Å². The van der Waals surface area contributed by atoms with E-state index in [1.54, 1.807) is 0 Å². The van der Waals surface area contributed by atoms with Crippen LogP contribution in [-0.4, -0.2) is 29.6 Å². The highest BCUT2D eigenvalue weighted by Crippen LogP contribution is 2.35. The first-order valence-electron chi connectivity index (χ1n) is 7.22. The second-order valence-corrected chi connectivity index (χ2v) is 5.93. The summed E-state index contributed by atoms with van der Waals surface area (Å²) in [6, 6.07) is 2.09. The van der Waals surface area contributed by atoms with Gasteiger partial charge in [-0.2, -0.15) is 0 Å². The van der Waals surface area contributed by atoms with Crippen molar-refractivity contribution in [3.05, 3.63) is 0 Å². The van der Waals surface area contributed by atoms with E-state index < -0.39 is 0 Å². The van der Waals surface area contributed by atoms with Crippen LogP contribution in [0.3, 0.4) is 0 Å². The first kappa shape index (κ1) is 12.4. The largest absolute Gasteiger partial charge is 0.328 e. The third-order valence-corrected chi connectivity index (χ3v) is 4.51. The predicted molar refractivity (Wildman–Crippen MR) is 69.4 cm³/mol. The maximum atomic E-state index is 5.99. The van der Waals surface area contributed by atoms with Gasteiger partial charge in [0.05, 0.1) is 0 Å². The summed E-state index contributed by atoms with van der Waals surface area (Å²) < 4.78 is 0. The molecule has 0 bridgehead atoms. The van der Waals surface area contributed by atoms with E-state index in [0.717, 1.165) is 18.0 Å². The lowest BCUT2D eigenvalue weighted by Gasteiger charge is -2.39. The first-order valence-corrected chi connectivity index (χ1v) is 7.22. The maximum absolute atomic E-state index is 5.99. The molecule has 1 atom stereocenters. The highest BCUT2D eigenvalue weighted by atomic mass is 15.2. The second kappa shape index (κ2) is 5.50. The minimum absolute atomic E-state index is 0.480. The van der Waals surface area contributed by atoms with Gasteiger partial charge in [0, 0.05) is 18.1 Å². The van der Waals surface area contributed by atoms with Gasteiger partial charge in [-0.05, 0) is 51.5 Å². The third-order valence-electron chi connectivity index (χ3n) is 4.51. The Hall–Kier alpha value is -0.0800. The lowest BCUT2D eigenvalue weighted by Crippen LogP contribution is -2.45. The third kappa shape index (κ3) is 3.21. The Kier molecular flexibility index (Phi) is 4.26. The van der Waals surface area contributed by atoms with E-state index in [0.29, 0.717) is 6.04 Å². The van der Waals surface area contributed by atoms with E-state index in [1.807, 2.05) is 0 Å². The van der Waals surface area contributed by atoms with Crippen molar-refractivity contribution in [2.45, 2.75) is 76.9 Å². The molecule has 1 unspecified atom stereocenters. The molecule has 0 aromatic carbocycles. The van der Waals surface area contributed by atoms with Gasteiger partial charge in [-0.25, -0.2) is 0 Å². The fourth-order valence-corrected chi connectivity index (χ4v) is 3.33. The molecule has 0 spiro atoms. The molecular weight excluding hydrogens is 196 g/mol. The second-order valence-electron chi connectivity index (χ2n) is 5.93. The molecule has 2 heteroatoms. The zero-order valence-electron chi connectivity index (χ0n) is 11.0. The van der Waals surface area contributed by atoms with Crippen molar-refractivity contribution in [2.24, 2.45) is 11.7 Å². The quantitative estimate of drug-likeness (QED) is 0.778. The van der Waals surface area contributed by atoms with Gasteiger partial charge in [0.15, 0.2) is 0 Å². The van der Waals surface area contributed by atoms with E-state index in [1.165, 1.54) is 51.5 Å². The molecule has 2 fully saturated rings. The Morgan fingerprint density at radius 3 is 2.25 bits per heavy atom. The number of hydrogen-bond donors (Lipinski definition) is 1. The van der Waals surface area contributed by atoms with Gasteiger partial charge in [-0.3, -0.25) is 4.90 Å². The molecule has 2 saturated carbocycles. The molecule has 0 aliphatic heterocycles. The van der Waals surface area contributed by atoms with Crippen LogP contribution in [-0.2, 0) is 0 Å². The monoisotopic (exact) mass is 224 g/mol. The summed E-state index contributed by atoms with van der Waals surface area (Å²) in [5, 5.41) is 0. The predicted octanol–water partition coefficient (Wildman–Crippen LogP) is 2.77. The summed E-state index contributed by atoms with van der Waals surface area (Å²) in [6.45, 7) is 5.96. The highest BCUT2D eigenvalue weighted by molar-refractivity contribution is 4.86. The van der Waals surface area contributed by atoms with E-state index in [-0.39, 0.29) is 0 Å². The van der Waals surface area contributed by atoms with Crippen LogP contribution in [0.4, 0.5) is 0 Å². The molecule has 2 rings (SSSR count). The van der Waals surface area contributed by atoms with Crippen molar-refractivity contribution in [1.82, 2.24) is 4.90 Å². The van der Waals surface area contributed by atoms with Crippen molar-refractivity contribution in [3.63, 3.8) is 0 Å². The molecule has 16 heavy (non-hydrogen) atoms. The zero-order chi connectivity index (χ0) is 11.5. The van der Waals surface area contributed by atoms with Crippen LogP contribution in [0, 0.1) is 5.92 Å². The Morgan fingerprint density at radius 2 is 1.75 bits per heavy atom. The molecule has 0 radical (unpaired) electrons. The van der Waals surface area contributed by atoms with Crippen molar-refractivity contribution in [1.29, 1.82) is 0 Å². The number of nitrogens with two attached hydrogens (primary N) is 1. The van der Waals surface area contributed by atoms with Gasteiger partial charge >= 0.3 is 0 Å². The minimum Gasteiger partial charge on any atom is -0.328 e. The van der Waals surface area contributed by atoms with Gasteiger partial charge in [0.2, 0.25) is 0 Å². The molecule has 0 aromatic heterocycles. The van der Waals surface area contributed by atoms with E-state index in [2.05, 4.69) is 18.7 Å². The van der Waals surface area contributed by atoms with Crippen LogP contribution >= 0.6 is 0 Å². The lowest BCUT2D eigenvalue weighted by atomic mass is 9.89. The molecule has 94 valence electrons. The molecule has 2 aliphatic carbocycles. The van der Waals surface area contributed by atoms with Crippen LogP contribution in [0.25, 0.3) is 0 Å². The maximum Gasteiger partial charge on any atom is 0.00991 e. The van der Waals surface area contributed by atoms with Crippen LogP contribution in [0.2, 0.25) is 0 Å². The van der Waals surface area contributed by atoms with Gasteiger partial charge in [0.1, 0.15) is 0 Å². The van der Waals surface area contributed by atoms with Crippen LogP contribution in [0.15, 0.2) is 0 Å². The van der Waals surface area contributed by atoms with E-state index in [4.69, 9.17) is 5.73 Å². The SMILES string of the molecule is CCN(C(C)CC1CC1)C1CCC(N)CC1. The normalized spacial score (nSPS) is 33.0. The Balaban J connectivity index is 1.82. The summed E-state index contributed by atoms with van der Waals surface area (Å²) in [6.07, 6.45) is 9.51. The minimum atomic E-state index is 0.480. The fraction of sp³-hybridized carbons (Fsp3) is 1.00.